The van der Waals surface area contributed by atoms with Crippen molar-refractivity contribution in [2.24, 2.45) is 0 Å². The maximum atomic E-state index is 10.6. The van der Waals surface area contributed by atoms with Crippen molar-refractivity contribution < 1.29 is 9.84 Å². The summed E-state index contributed by atoms with van der Waals surface area (Å²) in [7, 11) is 0. The lowest BCUT2D eigenvalue weighted by Crippen LogP contribution is -2.38. The monoisotopic (exact) mass is 295 g/mol. The standard InChI is InChI=1S/C19H21NO2/c21-19-16-7-2-1-6-14(16)15-8-3-9-17(18(15)19)22-13-5-12-20-10-4-11-20/h1-3,6-9,19,21H,4-5,10-13H2/t19-/m0/s1. The maximum Gasteiger partial charge on any atom is 0.126 e. The van der Waals surface area contributed by atoms with Gasteiger partial charge in [0.05, 0.1) is 6.61 Å². The van der Waals surface area contributed by atoms with Crippen molar-refractivity contribution in [1.29, 1.82) is 0 Å². The molecule has 1 atom stereocenters. The Morgan fingerprint density at radius 2 is 1.86 bits per heavy atom. The second-order valence-electron chi connectivity index (χ2n) is 6.10. The Kier molecular flexibility index (Phi) is 3.60. The fourth-order valence-electron chi connectivity index (χ4n) is 3.40. The molecule has 2 aromatic rings. The van der Waals surface area contributed by atoms with Gasteiger partial charge >= 0.3 is 0 Å². The van der Waals surface area contributed by atoms with Gasteiger partial charge in [0.1, 0.15) is 11.9 Å². The molecule has 3 heteroatoms. The zero-order valence-corrected chi connectivity index (χ0v) is 12.7. The van der Waals surface area contributed by atoms with Crippen molar-refractivity contribution in [2.45, 2.75) is 18.9 Å². The molecule has 1 aliphatic heterocycles. The van der Waals surface area contributed by atoms with Gasteiger partial charge in [-0.1, -0.05) is 36.4 Å². The van der Waals surface area contributed by atoms with Crippen molar-refractivity contribution >= 4 is 0 Å². The molecule has 2 aromatic carbocycles. The van der Waals surface area contributed by atoms with Crippen molar-refractivity contribution in [3.8, 4) is 16.9 Å². The lowest BCUT2D eigenvalue weighted by Gasteiger charge is -2.30. The van der Waals surface area contributed by atoms with Crippen LogP contribution in [0.5, 0.6) is 5.75 Å². The molecule has 1 fully saturated rings. The average Bonchev–Trinajstić information content (AvgIpc) is 2.80. The van der Waals surface area contributed by atoms with E-state index in [9.17, 15) is 5.11 Å². The molecule has 0 aromatic heterocycles. The summed E-state index contributed by atoms with van der Waals surface area (Å²) in [5.74, 6) is 0.824. The van der Waals surface area contributed by atoms with Gasteiger partial charge < -0.3 is 14.7 Å². The van der Waals surface area contributed by atoms with Crippen LogP contribution in [0.3, 0.4) is 0 Å². The molecular formula is C19H21NO2. The number of likely N-dealkylation sites (tertiary alicyclic amines) is 1. The molecule has 0 amide bonds. The highest BCUT2D eigenvalue weighted by atomic mass is 16.5. The second kappa shape index (κ2) is 5.75. The number of ether oxygens (including phenoxy) is 1. The predicted molar refractivity (Wildman–Crippen MR) is 87.1 cm³/mol. The van der Waals surface area contributed by atoms with Crippen LogP contribution < -0.4 is 4.74 Å². The van der Waals surface area contributed by atoms with Crippen LogP contribution in [0.2, 0.25) is 0 Å². The molecule has 1 aliphatic carbocycles. The first-order chi connectivity index (χ1) is 10.8. The molecule has 0 bridgehead atoms. The second-order valence-corrected chi connectivity index (χ2v) is 6.10. The Labute approximate surface area is 131 Å². The highest BCUT2D eigenvalue weighted by Crippen LogP contribution is 2.47. The van der Waals surface area contributed by atoms with Crippen molar-refractivity contribution in [2.75, 3.05) is 26.2 Å². The van der Waals surface area contributed by atoms with Crippen LogP contribution in [0, 0.1) is 0 Å². The fourth-order valence-corrected chi connectivity index (χ4v) is 3.40. The van der Waals surface area contributed by atoms with E-state index in [1.807, 2.05) is 30.3 Å². The minimum atomic E-state index is -0.571. The fraction of sp³-hybridized carbons (Fsp3) is 0.368. The van der Waals surface area contributed by atoms with Crippen LogP contribution in [0.25, 0.3) is 11.1 Å². The van der Waals surface area contributed by atoms with E-state index in [1.54, 1.807) is 0 Å². The van der Waals surface area contributed by atoms with Gasteiger partial charge in [-0.3, -0.25) is 0 Å². The first-order valence-corrected chi connectivity index (χ1v) is 8.10. The molecule has 1 N–H and O–H groups in total. The minimum absolute atomic E-state index is 0.571. The number of hydrogen-bond acceptors (Lipinski definition) is 3. The molecule has 114 valence electrons. The Bertz CT molecular complexity index is 679. The quantitative estimate of drug-likeness (QED) is 0.860. The highest BCUT2D eigenvalue weighted by molar-refractivity contribution is 5.80. The van der Waals surface area contributed by atoms with Crippen molar-refractivity contribution in [3.63, 3.8) is 0 Å². The topological polar surface area (TPSA) is 32.7 Å². The third-order valence-electron chi connectivity index (χ3n) is 4.71. The van der Waals surface area contributed by atoms with E-state index in [4.69, 9.17) is 4.74 Å². The molecule has 2 aliphatic rings. The number of fused-ring (bicyclic) bond motifs is 3. The van der Waals surface area contributed by atoms with Gasteiger partial charge in [0.15, 0.2) is 0 Å². The van der Waals surface area contributed by atoms with E-state index in [2.05, 4.69) is 17.0 Å². The van der Waals surface area contributed by atoms with Crippen LogP contribution in [0.1, 0.15) is 30.1 Å². The SMILES string of the molecule is O[C@H]1c2ccccc2-c2cccc(OCCCN3CCC3)c21. The smallest absolute Gasteiger partial charge is 0.126 e. The van der Waals surface area contributed by atoms with Crippen LogP contribution in [-0.2, 0) is 0 Å². The summed E-state index contributed by atoms with van der Waals surface area (Å²) in [6.45, 7) is 4.28. The minimum Gasteiger partial charge on any atom is -0.493 e. The Morgan fingerprint density at radius 1 is 1.05 bits per heavy atom. The zero-order valence-electron chi connectivity index (χ0n) is 12.7. The predicted octanol–water partition coefficient (Wildman–Crippen LogP) is 3.22. The summed E-state index contributed by atoms with van der Waals surface area (Å²) in [5, 5.41) is 10.6. The highest BCUT2D eigenvalue weighted by Gasteiger charge is 2.29. The number of hydrogen-bond donors (Lipinski definition) is 1. The Morgan fingerprint density at radius 3 is 2.68 bits per heavy atom. The molecule has 3 nitrogen and oxygen atoms in total. The summed E-state index contributed by atoms with van der Waals surface area (Å²) in [6.07, 6.45) is 1.79. The number of benzene rings is 2. The summed E-state index contributed by atoms with van der Waals surface area (Å²) in [6, 6.07) is 14.1. The molecule has 0 spiro atoms. The van der Waals surface area contributed by atoms with Crippen LogP contribution >= 0.6 is 0 Å². The van der Waals surface area contributed by atoms with Crippen molar-refractivity contribution in [1.82, 2.24) is 4.90 Å². The Balaban J connectivity index is 1.50. The summed E-state index contributed by atoms with van der Waals surface area (Å²) in [4.78, 5) is 2.45. The van der Waals surface area contributed by atoms with Gasteiger partial charge in [0.2, 0.25) is 0 Å². The average molecular weight is 295 g/mol. The molecule has 4 rings (SSSR count). The summed E-state index contributed by atoms with van der Waals surface area (Å²) in [5.41, 5.74) is 4.13. The summed E-state index contributed by atoms with van der Waals surface area (Å²) >= 11 is 0. The molecule has 22 heavy (non-hydrogen) atoms. The van der Waals surface area contributed by atoms with Crippen molar-refractivity contribution in [3.05, 3.63) is 53.6 Å². The van der Waals surface area contributed by atoms with Crippen LogP contribution in [-0.4, -0.2) is 36.2 Å². The first kappa shape index (κ1) is 13.8. The molecule has 0 unspecified atom stereocenters. The Hall–Kier alpha value is -1.84. The van der Waals surface area contributed by atoms with Gasteiger partial charge in [-0.25, -0.2) is 0 Å². The summed E-state index contributed by atoms with van der Waals surface area (Å²) < 4.78 is 5.98. The lowest BCUT2D eigenvalue weighted by atomic mass is 10.1. The molecule has 1 saturated heterocycles. The third-order valence-corrected chi connectivity index (χ3v) is 4.71. The number of rotatable bonds is 5. The normalized spacial score (nSPS) is 19.4. The molecule has 1 heterocycles. The first-order valence-electron chi connectivity index (χ1n) is 8.10. The van der Waals surface area contributed by atoms with Gasteiger partial charge in [-0.15, -0.1) is 0 Å². The molecular weight excluding hydrogens is 274 g/mol. The van der Waals surface area contributed by atoms with Gasteiger partial charge in [-0.05, 0) is 48.7 Å². The molecule has 0 radical (unpaired) electrons. The van der Waals surface area contributed by atoms with E-state index in [-0.39, 0.29) is 0 Å². The number of nitrogens with zero attached hydrogens (tertiary/aromatic N) is 1. The lowest BCUT2D eigenvalue weighted by molar-refractivity contribution is 0.163. The van der Waals surface area contributed by atoms with Gasteiger partial charge in [-0.2, -0.15) is 0 Å². The molecule has 0 saturated carbocycles. The van der Waals surface area contributed by atoms with Crippen LogP contribution in [0.4, 0.5) is 0 Å². The van der Waals surface area contributed by atoms with E-state index < -0.39 is 6.10 Å². The van der Waals surface area contributed by atoms with Gasteiger partial charge in [0.25, 0.3) is 0 Å². The maximum absolute atomic E-state index is 10.6. The van der Waals surface area contributed by atoms with E-state index in [0.29, 0.717) is 6.61 Å². The van der Waals surface area contributed by atoms with Gasteiger partial charge in [0, 0.05) is 12.1 Å². The largest absolute Gasteiger partial charge is 0.493 e. The zero-order chi connectivity index (χ0) is 14.9. The third kappa shape index (κ3) is 2.31. The number of aliphatic hydroxyl groups excluding tert-OH is 1. The number of aliphatic hydroxyl groups is 1. The van der Waals surface area contributed by atoms with E-state index in [0.717, 1.165) is 41.0 Å². The van der Waals surface area contributed by atoms with E-state index >= 15 is 0 Å². The van der Waals surface area contributed by atoms with E-state index in [1.165, 1.54) is 19.5 Å². The van der Waals surface area contributed by atoms with Crippen LogP contribution in [0.15, 0.2) is 42.5 Å².